The van der Waals surface area contributed by atoms with Gasteiger partial charge < -0.3 is 10.2 Å². The van der Waals surface area contributed by atoms with Crippen LogP contribution in [0.5, 0.6) is 0 Å². The van der Waals surface area contributed by atoms with Crippen molar-refractivity contribution in [3.05, 3.63) is 63.6 Å². The Balaban J connectivity index is 2.43. The molecule has 1 N–H and O–H groups in total. The van der Waals surface area contributed by atoms with Gasteiger partial charge >= 0.3 is 0 Å². The van der Waals surface area contributed by atoms with E-state index in [1.54, 1.807) is 6.92 Å². The number of benzene rings is 2. The number of sulfonamides is 1. The third kappa shape index (κ3) is 6.35. The van der Waals surface area contributed by atoms with Gasteiger partial charge in [0.15, 0.2) is 0 Å². The van der Waals surface area contributed by atoms with Crippen molar-refractivity contribution in [2.75, 3.05) is 24.2 Å². The van der Waals surface area contributed by atoms with Crippen LogP contribution in [0.1, 0.15) is 18.1 Å². The molecule has 0 spiro atoms. The molecule has 31 heavy (non-hydrogen) atoms. The number of amides is 2. The zero-order chi connectivity index (χ0) is 23.3. The summed E-state index contributed by atoms with van der Waals surface area (Å²) in [5, 5.41) is 2.96. The number of aryl methyl sites for hydroxylation is 1. The van der Waals surface area contributed by atoms with Crippen molar-refractivity contribution in [2.45, 2.75) is 26.4 Å². The average molecular weight is 486 g/mol. The first-order chi connectivity index (χ1) is 14.5. The molecule has 1 atom stereocenters. The van der Waals surface area contributed by atoms with E-state index in [-0.39, 0.29) is 23.2 Å². The van der Waals surface area contributed by atoms with Crippen molar-refractivity contribution in [1.82, 2.24) is 10.2 Å². The number of hydrogen-bond acceptors (Lipinski definition) is 4. The normalized spacial score (nSPS) is 12.2. The number of carbonyl (C=O) groups is 2. The van der Waals surface area contributed by atoms with Crippen LogP contribution in [0.4, 0.5) is 5.69 Å². The van der Waals surface area contributed by atoms with Gasteiger partial charge in [-0.25, -0.2) is 8.42 Å². The predicted molar refractivity (Wildman–Crippen MR) is 124 cm³/mol. The van der Waals surface area contributed by atoms with Gasteiger partial charge in [0.2, 0.25) is 21.8 Å². The SMILES string of the molecule is CNC(=O)[C@H](C)N(Cc1ccccc1C)C(=O)CN(c1ccc(Cl)cc1Cl)S(C)(=O)=O. The molecular weight excluding hydrogens is 461 g/mol. The molecule has 7 nitrogen and oxygen atoms in total. The first-order valence-electron chi connectivity index (χ1n) is 9.44. The quantitative estimate of drug-likeness (QED) is 0.621. The van der Waals surface area contributed by atoms with Gasteiger partial charge in [-0.15, -0.1) is 0 Å². The summed E-state index contributed by atoms with van der Waals surface area (Å²) < 4.78 is 25.9. The van der Waals surface area contributed by atoms with E-state index in [2.05, 4.69) is 5.32 Å². The minimum absolute atomic E-state index is 0.0931. The Morgan fingerprint density at radius 2 is 1.77 bits per heavy atom. The van der Waals surface area contributed by atoms with Crippen molar-refractivity contribution in [3.63, 3.8) is 0 Å². The van der Waals surface area contributed by atoms with Crippen molar-refractivity contribution >= 4 is 50.7 Å². The van der Waals surface area contributed by atoms with Crippen LogP contribution in [-0.2, 0) is 26.2 Å². The van der Waals surface area contributed by atoms with E-state index in [0.29, 0.717) is 5.02 Å². The van der Waals surface area contributed by atoms with E-state index in [9.17, 15) is 18.0 Å². The van der Waals surface area contributed by atoms with Crippen LogP contribution < -0.4 is 9.62 Å². The molecule has 0 heterocycles. The smallest absolute Gasteiger partial charge is 0.244 e. The van der Waals surface area contributed by atoms with E-state index in [1.165, 1.54) is 30.1 Å². The van der Waals surface area contributed by atoms with E-state index in [1.807, 2.05) is 31.2 Å². The highest BCUT2D eigenvalue weighted by Gasteiger charge is 2.30. The molecule has 0 aliphatic rings. The van der Waals surface area contributed by atoms with E-state index >= 15 is 0 Å². The Bertz CT molecular complexity index is 1080. The van der Waals surface area contributed by atoms with E-state index in [0.717, 1.165) is 21.7 Å². The molecule has 0 saturated heterocycles. The van der Waals surface area contributed by atoms with Crippen LogP contribution in [0.25, 0.3) is 0 Å². The molecule has 0 aliphatic heterocycles. The Morgan fingerprint density at radius 1 is 1.13 bits per heavy atom. The maximum atomic E-state index is 13.3. The lowest BCUT2D eigenvalue weighted by Crippen LogP contribution is -2.50. The first-order valence-corrected chi connectivity index (χ1v) is 12.0. The summed E-state index contributed by atoms with van der Waals surface area (Å²) >= 11 is 12.1. The number of carbonyl (C=O) groups excluding carboxylic acids is 2. The summed E-state index contributed by atoms with van der Waals surface area (Å²) in [6, 6.07) is 11.0. The number of nitrogens with one attached hydrogen (secondary N) is 1. The van der Waals surface area contributed by atoms with Crippen molar-refractivity contribution in [3.8, 4) is 0 Å². The van der Waals surface area contributed by atoms with Crippen molar-refractivity contribution < 1.29 is 18.0 Å². The Morgan fingerprint density at radius 3 is 2.32 bits per heavy atom. The lowest BCUT2D eigenvalue weighted by Gasteiger charge is -2.31. The third-order valence-electron chi connectivity index (χ3n) is 4.87. The van der Waals surface area contributed by atoms with Crippen LogP contribution in [0.2, 0.25) is 10.0 Å². The molecule has 0 fully saturated rings. The Kier molecular flexibility index (Phi) is 8.34. The topological polar surface area (TPSA) is 86.8 Å². The highest BCUT2D eigenvalue weighted by Crippen LogP contribution is 2.30. The number of anilines is 1. The van der Waals surface area contributed by atoms with Gasteiger partial charge in [-0.2, -0.15) is 0 Å². The molecule has 2 rings (SSSR count). The Hall–Kier alpha value is -2.29. The fourth-order valence-electron chi connectivity index (χ4n) is 3.04. The molecular formula is C21H25Cl2N3O4S. The molecule has 0 radical (unpaired) electrons. The molecule has 0 unspecified atom stereocenters. The van der Waals surface area contributed by atoms with Crippen LogP contribution in [-0.4, -0.2) is 51.0 Å². The highest BCUT2D eigenvalue weighted by atomic mass is 35.5. The van der Waals surface area contributed by atoms with Gasteiger partial charge in [0.25, 0.3) is 0 Å². The zero-order valence-electron chi connectivity index (χ0n) is 17.7. The van der Waals surface area contributed by atoms with Gasteiger partial charge in [-0.05, 0) is 43.2 Å². The minimum Gasteiger partial charge on any atom is -0.357 e. The second-order valence-corrected chi connectivity index (χ2v) is 9.85. The molecule has 10 heteroatoms. The molecule has 2 amide bonds. The van der Waals surface area contributed by atoms with Crippen LogP contribution in [0.15, 0.2) is 42.5 Å². The zero-order valence-corrected chi connectivity index (χ0v) is 20.1. The van der Waals surface area contributed by atoms with Gasteiger partial charge in [0, 0.05) is 18.6 Å². The third-order valence-corrected chi connectivity index (χ3v) is 6.54. The fourth-order valence-corrected chi connectivity index (χ4v) is 4.46. The van der Waals surface area contributed by atoms with Gasteiger partial charge in [-0.1, -0.05) is 47.5 Å². The number of rotatable bonds is 8. The van der Waals surface area contributed by atoms with Crippen molar-refractivity contribution in [1.29, 1.82) is 0 Å². The second kappa shape index (κ2) is 10.3. The molecule has 0 bridgehead atoms. The first kappa shape index (κ1) is 25.0. The monoisotopic (exact) mass is 485 g/mol. The number of likely N-dealkylation sites (N-methyl/N-ethyl adjacent to an activating group) is 1. The largest absolute Gasteiger partial charge is 0.357 e. The van der Waals surface area contributed by atoms with Crippen LogP contribution in [0.3, 0.4) is 0 Å². The van der Waals surface area contributed by atoms with Crippen LogP contribution >= 0.6 is 23.2 Å². The lowest BCUT2D eigenvalue weighted by atomic mass is 10.1. The standard InChI is InChI=1S/C21H25Cl2N3O4S/c1-14-7-5-6-8-16(14)12-25(15(2)21(28)24-3)20(27)13-26(31(4,29)30)19-10-9-17(22)11-18(19)23/h5-11,15H,12-13H2,1-4H3,(H,24,28)/t15-/m0/s1. The highest BCUT2D eigenvalue weighted by molar-refractivity contribution is 7.92. The molecule has 168 valence electrons. The molecule has 2 aromatic rings. The summed E-state index contributed by atoms with van der Waals surface area (Å²) in [6.07, 6.45) is 0.985. The summed E-state index contributed by atoms with van der Waals surface area (Å²) in [4.78, 5) is 27.0. The predicted octanol–water partition coefficient (Wildman–Crippen LogP) is 3.23. The molecule has 0 aliphatic carbocycles. The summed E-state index contributed by atoms with van der Waals surface area (Å²) in [6.45, 7) is 3.12. The lowest BCUT2D eigenvalue weighted by molar-refractivity contribution is -0.139. The second-order valence-electron chi connectivity index (χ2n) is 7.10. The van der Waals surface area contributed by atoms with E-state index in [4.69, 9.17) is 23.2 Å². The van der Waals surface area contributed by atoms with E-state index < -0.39 is 28.5 Å². The summed E-state index contributed by atoms with van der Waals surface area (Å²) in [5.41, 5.74) is 1.93. The summed E-state index contributed by atoms with van der Waals surface area (Å²) in [7, 11) is -2.38. The maximum Gasteiger partial charge on any atom is 0.244 e. The molecule has 2 aromatic carbocycles. The minimum atomic E-state index is -3.86. The Labute approximate surface area is 193 Å². The number of halogens is 2. The number of nitrogens with zero attached hydrogens (tertiary/aromatic N) is 2. The average Bonchev–Trinajstić information content (AvgIpc) is 2.70. The van der Waals surface area contributed by atoms with Gasteiger partial charge in [0.1, 0.15) is 12.6 Å². The molecule has 0 saturated carbocycles. The van der Waals surface area contributed by atoms with Crippen LogP contribution in [0, 0.1) is 6.92 Å². The number of hydrogen-bond donors (Lipinski definition) is 1. The van der Waals surface area contributed by atoms with Crippen molar-refractivity contribution in [2.24, 2.45) is 0 Å². The van der Waals surface area contributed by atoms with Gasteiger partial charge in [-0.3, -0.25) is 13.9 Å². The molecule has 0 aromatic heterocycles. The summed E-state index contributed by atoms with van der Waals surface area (Å²) in [5.74, 6) is -0.909. The fraction of sp³-hybridized carbons (Fsp3) is 0.333. The van der Waals surface area contributed by atoms with Gasteiger partial charge in [0.05, 0.1) is 17.0 Å². The maximum absolute atomic E-state index is 13.3.